The van der Waals surface area contributed by atoms with Crippen molar-refractivity contribution in [2.75, 3.05) is 19.8 Å². The average molecular weight is 353 g/mol. The van der Waals surface area contributed by atoms with Crippen LogP contribution in [0.4, 0.5) is 0 Å². The molecule has 3 nitrogen and oxygen atoms in total. The van der Waals surface area contributed by atoms with Gasteiger partial charge in [-0.15, -0.1) is 0 Å². The molecule has 1 aromatic rings. The molecule has 0 saturated carbocycles. The van der Waals surface area contributed by atoms with E-state index in [1.807, 2.05) is 6.07 Å². The quantitative estimate of drug-likeness (QED) is 0.732. The molecule has 0 saturated heterocycles. The van der Waals surface area contributed by atoms with Crippen molar-refractivity contribution >= 4 is 31.9 Å². The number of rotatable bonds is 6. The Kier molecular flexibility index (Phi) is 6.31. The monoisotopic (exact) mass is 351 g/mol. The van der Waals surface area contributed by atoms with Crippen LogP contribution in [0, 0.1) is 5.92 Å². The molecular weight excluding hydrogens is 338 g/mol. The normalized spacial score (nSPS) is 10.8. The minimum absolute atomic E-state index is 0.514. The third kappa shape index (κ3) is 5.27. The van der Waals surface area contributed by atoms with Crippen LogP contribution in [0.3, 0.4) is 0 Å². The van der Waals surface area contributed by atoms with Gasteiger partial charge >= 0.3 is 0 Å². The first-order valence-electron chi connectivity index (χ1n) is 5.11. The van der Waals surface area contributed by atoms with E-state index >= 15 is 0 Å². The van der Waals surface area contributed by atoms with Crippen LogP contribution in [-0.2, 0) is 4.74 Å². The molecule has 0 atom stereocenters. The van der Waals surface area contributed by atoms with Gasteiger partial charge in [0, 0.05) is 17.3 Å². The molecule has 0 fully saturated rings. The molecule has 0 aromatic carbocycles. The zero-order valence-electron chi connectivity index (χ0n) is 9.37. The summed E-state index contributed by atoms with van der Waals surface area (Å²) in [5.41, 5.74) is 0. The predicted octanol–water partition coefficient (Wildman–Crippen LogP) is 3.66. The van der Waals surface area contributed by atoms with Gasteiger partial charge in [-0.3, -0.25) is 0 Å². The molecule has 0 amide bonds. The number of ether oxygens (including phenoxy) is 2. The summed E-state index contributed by atoms with van der Waals surface area (Å²) in [7, 11) is 0. The second kappa shape index (κ2) is 7.25. The summed E-state index contributed by atoms with van der Waals surface area (Å²) in [6.07, 6.45) is 1.70. The highest BCUT2D eigenvalue weighted by molar-refractivity contribution is 9.11. The van der Waals surface area contributed by atoms with Crippen LogP contribution in [0.5, 0.6) is 5.88 Å². The molecule has 16 heavy (non-hydrogen) atoms. The molecule has 90 valence electrons. The molecule has 0 bridgehead atoms. The molecule has 0 aliphatic heterocycles. The molecule has 0 N–H and O–H groups in total. The van der Waals surface area contributed by atoms with Crippen molar-refractivity contribution < 1.29 is 9.47 Å². The highest BCUT2D eigenvalue weighted by Crippen LogP contribution is 2.25. The Labute approximate surface area is 113 Å². The number of hydrogen-bond donors (Lipinski definition) is 0. The summed E-state index contributed by atoms with van der Waals surface area (Å²) < 4.78 is 12.6. The molecule has 1 aromatic heterocycles. The fraction of sp³-hybridized carbons (Fsp3) is 0.545. The maximum Gasteiger partial charge on any atom is 0.228 e. The van der Waals surface area contributed by atoms with Gasteiger partial charge in [0.1, 0.15) is 6.61 Å². The number of aromatic nitrogens is 1. The van der Waals surface area contributed by atoms with E-state index in [-0.39, 0.29) is 0 Å². The predicted molar refractivity (Wildman–Crippen MR) is 70.8 cm³/mol. The zero-order chi connectivity index (χ0) is 12.0. The number of pyridine rings is 1. The van der Waals surface area contributed by atoms with Crippen LogP contribution >= 0.6 is 31.9 Å². The Hall–Kier alpha value is -0.130. The average Bonchev–Trinajstić information content (AvgIpc) is 2.20. The summed E-state index contributed by atoms with van der Waals surface area (Å²) in [5, 5.41) is 0. The van der Waals surface area contributed by atoms with E-state index in [1.165, 1.54) is 0 Å². The number of halogens is 2. The number of nitrogens with zero attached hydrogens (tertiary/aromatic N) is 1. The van der Waals surface area contributed by atoms with Gasteiger partial charge in [-0.05, 0) is 43.8 Å². The molecule has 5 heteroatoms. The van der Waals surface area contributed by atoms with Gasteiger partial charge in [-0.2, -0.15) is 0 Å². The molecule has 0 radical (unpaired) electrons. The van der Waals surface area contributed by atoms with E-state index in [0.29, 0.717) is 25.0 Å². The lowest BCUT2D eigenvalue weighted by Crippen LogP contribution is -2.10. The largest absolute Gasteiger partial charge is 0.474 e. The first kappa shape index (κ1) is 13.9. The summed E-state index contributed by atoms with van der Waals surface area (Å²) in [5.74, 6) is 1.15. The lowest BCUT2D eigenvalue weighted by molar-refractivity contribution is 0.0804. The summed E-state index contributed by atoms with van der Waals surface area (Å²) in [4.78, 5) is 4.14. The van der Waals surface area contributed by atoms with Gasteiger partial charge in [-0.25, -0.2) is 4.98 Å². The third-order valence-corrected chi connectivity index (χ3v) is 2.69. The van der Waals surface area contributed by atoms with Crippen molar-refractivity contribution in [2.45, 2.75) is 13.8 Å². The van der Waals surface area contributed by atoms with Crippen molar-refractivity contribution in [2.24, 2.45) is 5.92 Å². The molecule has 0 aliphatic rings. The van der Waals surface area contributed by atoms with Gasteiger partial charge in [0.15, 0.2) is 0 Å². The van der Waals surface area contributed by atoms with Crippen molar-refractivity contribution in [3.63, 3.8) is 0 Å². The van der Waals surface area contributed by atoms with E-state index in [1.54, 1.807) is 6.20 Å². The fourth-order valence-electron chi connectivity index (χ4n) is 1.02. The molecule has 0 aliphatic carbocycles. The molecule has 1 rings (SSSR count). The Balaban J connectivity index is 2.27. The van der Waals surface area contributed by atoms with Crippen LogP contribution in [-0.4, -0.2) is 24.8 Å². The molecule has 0 unspecified atom stereocenters. The van der Waals surface area contributed by atoms with Gasteiger partial charge in [-0.1, -0.05) is 13.8 Å². The zero-order valence-corrected chi connectivity index (χ0v) is 12.5. The molecule has 0 spiro atoms. The Morgan fingerprint density at radius 3 is 2.69 bits per heavy atom. The van der Waals surface area contributed by atoms with E-state index in [9.17, 15) is 0 Å². The van der Waals surface area contributed by atoms with Crippen molar-refractivity contribution in [3.05, 3.63) is 21.2 Å². The third-order valence-electron chi connectivity index (χ3n) is 1.69. The fourth-order valence-corrected chi connectivity index (χ4v) is 2.13. The van der Waals surface area contributed by atoms with Crippen LogP contribution in [0.15, 0.2) is 21.2 Å². The van der Waals surface area contributed by atoms with E-state index in [2.05, 4.69) is 50.7 Å². The summed E-state index contributed by atoms with van der Waals surface area (Å²) in [6.45, 7) is 6.10. The minimum atomic E-state index is 0.514. The Morgan fingerprint density at radius 1 is 1.31 bits per heavy atom. The Morgan fingerprint density at radius 2 is 2.06 bits per heavy atom. The minimum Gasteiger partial charge on any atom is -0.474 e. The first-order chi connectivity index (χ1) is 7.59. The number of hydrogen-bond acceptors (Lipinski definition) is 3. The van der Waals surface area contributed by atoms with E-state index < -0.39 is 0 Å². The summed E-state index contributed by atoms with van der Waals surface area (Å²) in [6, 6.07) is 1.90. The second-order valence-corrected chi connectivity index (χ2v) is 5.53. The first-order valence-corrected chi connectivity index (χ1v) is 6.69. The Bertz CT molecular complexity index is 332. The SMILES string of the molecule is CC(C)COCCOc1ncc(Br)cc1Br. The van der Waals surface area contributed by atoms with Crippen LogP contribution in [0.2, 0.25) is 0 Å². The van der Waals surface area contributed by atoms with Crippen LogP contribution < -0.4 is 4.74 Å². The molecular formula is C11H15Br2NO2. The maximum absolute atomic E-state index is 5.47. The van der Waals surface area contributed by atoms with Gasteiger partial charge in [0.05, 0.1) is 11.1 Å². The second-order valence-electron chi connectivity index (χ2n) is 3.76. The van der Waals surface area contributed by atoms with E-state index in [4.69, 9.17) is 9.47 Å². The van der Waals surface area contributed by atoms with E-state index in [0.717, 1.165) is 15.6 Å². The van der Waals surface area contributed by atoms with Crippen molar-refractivity contribution in [1.29, 1.82) is 0 Å². The lowest BCUT2D eigenvalue weighted by atomic mass is 10.2. The highest BCUT2D eigenvalue weighted by Gasteiger charge is 2.03. The van der Waals surface area contributed by atoms with Crippen LogP contribution in [0.25, 0.3) is 0 Å². The standard InChI is InChI=1S/C11H15Br2NO2/c1-8(2)7-15-3-4-16-11-10(13)5-9(12)6-14-11/h5-6,8H,3-4,7H2,1-2H3. The van der Waals surface area contributed by atoms with Crippen LogP contribution in [0.1, 0.15) is 13.8 Å². The summed E-state index contributed by atoms with van der Waals surface area (Å²) >= 11 is 6.71. The lowest BCUT2D eigenvalue weighted by Gasteiger charge is -2.09. The van der Waals surface area contributed by atoms with Gasteiger partial charge in [0.2, 0.25) is 5.88 Å². The smallest absolute Gasteiger partial charge is 0.228 e. The topological polar surface area (TPSA) is 31.4 Å². The van der Waals surface area contributed by atoms with Gasteiger partial charge in [0.25, 0.3) is 0 Å². The highest BCUT2D eigenvalue weighted by atomic mass is 79.9. The molecule has 1 heterocycles. The van der Waals surface area contributed by atoms with Crippen molar-refractivity contribution in [3.8, 4) is 5.88 Å². The van der Waals surface area contributed by atoms with Crippen molar-refractivity contribution in [1.82, 2.24) is 4.98 Å². The maximum atomic E-state index is 5.47. The van der Waals surface area contributed by atoms with Gasteiger partial charge < -0.3 is 9.47 Å².